The summed E-state index contributed by atoms with van der Waals surface area (Å²) in [6, 6.07) is 10.1. The Kier molecular flexibility index (Phi) is 5.00. The van der Waals surface area contributed by atoms with Gasteiger partial charge in [-0.25, -0.2) is 0 Å². The summed E-state index contributed by atoms with van der Waals surface area (Å²) in [5.41, 5.74) is 1.17. The minimum Gasteiger partial charge on any atom is -0.352 e. The molecule has 0 aromatic heterocycles. The van der Waals surface area contributed by atoms with E-state index in [1.54, 1.807) is 26.0 Å². The zero-order valence-corrected chi connectivity index (χ0v) is 10.5. The quantitative estimate of drug-likeness (QED) is 0.524. The number of hydrogen-bond donors (Lipinski definition) is 3. The Morgan fingerprint density at radius 3 is 2.47 bits per heavy atom. The number of benzene rings is 1. The molecule has 1 aromatic rings. The van der Waals surface area contributed by atoms with Gasteiger partial charge in [0.05, 0.1) is 0 Å². The molecule has 0 saturated heterocycles. The summed E-state index contributed by atoms with van der Waals surface area (Å²) in [7, 11) is 5.29. The first kappa shape index (κ1) is 13.0. The lowest BCUT2D eigenvalue weighted by atomic mass is 10.2. The standard InChI is InChI=1S/C12H19N5/c1-14-12(16-11(13)17(2)3)15-9-10-7-5-4-6-8-10/h4-8H,9H2,1-3H3,(H3,13,14,15,16). The highest BCUT2D eigenvalue weighted by Gasteiger charge is 2.02. The van der Waals surface area contributed by atoms with Gasteiger partial charge in [0.25, 0.3) is 0 Å². The number of aliphatic imine (C=N–C) groups is 1. The highest BCUT2D eigenvalue weighted by atomic mass is 15.3. The summed E-state index contributed by atoms with van der Waals surface area (Å²) in [5.74, 6) is 0.888. The number of nitrogens with zero attached hydrogens (tertiary/aromatic N) is 2. The van der Waals surface area contributed by atoms with E-state index in [2.05, 4.69) is 15.6 Å². The van der Waals surface area contributed by atoms with Crippen molar-refractivity contribution in [2.45, 2.75) is 6.54 Å². The fraction of sp³-hybridized carbons (Fsp3) is 0.333. The second-order valence-corrected chi connectivity index (χ2v) is 3.78. The molecule has 0 saturated carbocycles. The predicted molar refractivity (Wildman–Crippen MR) is 71.2 cm³/mol. The topological polar surface area (TPSA) is 63.5 Å². The summed E-state index contributed by atoms with van der Waals surface area (Å²) in [5, 5.41) is 13.7. The third kappa shape index (κ3) is 4.55. The van der Waals surface area contributed by atoms with Crippen LogP contribution in [0.25, 0.3) is 0 Å². The second kappa shape index (κ2) is 6.52. The largest absolute Gasteiger partial charge is 0.352 e. The van der Waals surface area contributed by atoms with Crippen LogP contribution in [0, 0.1) is 5.41 Å². The van der Waals surface area contributed by atoms with Crippen LogP contribution >= 0.6 is 0 Å². The van der Waals surface area contributed by atoms with Crippen LogP contribution in [0.1, 0.15) is 5.56 Å². The molecule has 0 amide bonds. The Morgan fingerprint density at radius 1 is 1.29 bits per heavy atom. The Bertz CT molecular complexity index is 383. The maximum absolute atomic E-state index is 7.65. The third-order valence-corrected chi connectivity index (χ3v) is 2.21. The lowest BCUT2D eigenvalue weighted by Crippen LogP contribution is -2.45. The second-order valence-electron chi connectivity index (χ2n) is 3.78. The SMILES string of the molecule is CN=C(NCc1ccccc1)NC(=N)N(C)C. The van der Waals surface area contributed by atoms with Gasteiger partial charge in [-0.15, -0.1) is 0 Å². The summed E-state index contributed by atoms with van der Waals surface area (Å²) < 4.78 is 0. The summed E-state index contributed by atoms with van der Waals surface area (Å²) in [6.45, 7) is 0.682. The van der Waals surface area contributed by atoms with Crippen LogP contribution in [0.4, 0.5) is 0 Å². The lowest BCUT2D eigenvalue weighted by Gasteiger charge is -2.17. The van der Waals surface area contributed by atoms with Crippen molar-refractivity contribution >= 4 is 11.9 Å². The number of nitrogens with one attached hydrogen (secondary N) is 3. The Morgan fingerprint density at radius 2 is 1.94 bits per heavy atom. The summed E-state index contributed by atoms with van der Waals surface area (Å²) in [6.07, 6.45) is 0. The molecule has 0 aliphatic heterocycles. The van der Waals surface area contributed by atoms with Crippen molar-refractivity contribution in [3.05, 3.63) is 35.9 Å². The van der Waals surface area contributed by atoms with Gasteiger partial charge in [0.1, 0.15) is 0 Å². The average molecular weight is 233 g/mol. The maximum atomic E-state index is 7.65. The van der Waals surface area contributed by atoms with Crippen molar-refractivity contribution < 1.29 is 0 Å². The molecule has 0 radical (unpaired) electrons. The van der Waals surface area contributed by atoms with Crippen LogP contribution in [0.15, 0.2) is 35.3 Å². The third-order valence-electron chi connectivity index (χ3n) is 2.21. The van der Waals surface area contributed by atoms with Crippen molar-refractivity contribution in [1.82, 2.24) is 15.5 Å². The fourth-order valence-electron chi connectivity index (χ4n) is 1.18. The Labute approximate surface area is 102 Å². The van der Waals surface area contributed by atoms with E-state index in [4.69, 9.17) is 5.41 Å². The summed E-state index contributed by atoms with van der Waals surface area (Å²) in [4.78, 5) is 5.73. The van der Waals surface area contributed by atoms with Crippen molar-refractivity contribution in [2.24, 2.45) is 4.99 Å². The van der Waals surface area contributed by atoms with Gasteiger partial charge < -0.3 is 10.2 Å². The molecule has 0 aliphatic carbocycles. The van der Waals surface area contributed by atoms with Crippen LogP contribution in [0.5, 0.6) is 0 Å². The maximum Gasteiger partial charge on any atom is 0.198 e. The van der Waals surface area contributed by atoms with E-state index in [0.29, 0.717) is 18.5 Å². The Hall–Kier alpha value is -2.04. The number of guanidine groups is 2. The molecule has 0 fully saturated rings. The number of hydrogen-bond acceptors (Lipinski definition) is 2. The van der Waals surface area contributed by atoms with E-state index >= 15 is 0 Å². The molecule has 1 rings (SSSR count). The van der Waals surface area contributed by atoms with Crippen LogP contribution in [0.2, 0.25) is 0 Å². The molecular formula is C12H19N5. The number of rotatable bonds is 2. The molecular weight excluding hydrogens is 214 g/mol. The van der Waals surface area contributed by atoms with E-state index in [1.807, 2.05) is 30.3 Å². The van der Waals surface area contributed by atoms with Gasteiger partial charge in [-0.1, -0.05) is 30.3 Å². The van der Waals surface area contributed by atoms with Gasteiger partial charge in [-0.05, 0) is 5.56 Å². The smallest absolute Gasteiger partial charge is 0.198 e. The molecule has 0 unspecified atom stereocenters. The first-order valence-corrected chi connectivity index (χ1v) is 5.41. The van der Waals surface area contributed by atoms with Crippen molar-refractivity contribution in [3.8, 4) is 0 Å². The molecule has 3 N–H and O–H groups in total. The van der Waals surface area contributed by atoms with E-state index in [0.717, 1.165) is 0 Å². The molecule has 0 spiro atoms. The van der Waals surface area contributed by atoms with Crippen molar-refractivity contribution in [3.63, 3.8) is 0 Å². The van der Waals surface area contributed by atoms with Crippen LogP contribution < -0.4 is 10.6 Å². The van der Waals surface area contributed by atoms with Crippen LogP contribution in [-0.4, -0.2) is 38.0 Å². The zero-order valence-electron chi connectivity index (χ0n) is 10.5. The molecule has 5 heteroatoms. The van der Waals surface area contributed by atoms with E-state index in [-0.39, 0.29) is 0 Å². The van der Waals surface area contributed by atoms with Gasteiger partial charge in [0, 0.05) is 27.7 Å². The summed E-state index contributed by atoms with van der Waals surface area (Å²) >= 11 is 0. The molecule has 1 aromatic carbocycles. The monoisotopic (exact) mass is 233 g/mol. The van der Waals surface area contributed by atoms with Crippen LogP contribution in [0.3, 0.4) is 0 Å². The Balaban J connectivity index is 2.47. The predicted octanol–water partition coefficient (Wildman–Crippen LogP) is 0.848. The van der Waals surface area contributed by atoms with E-state index in [1.165, 1.54) is 5.56 Å². The molecule has 0 bridgehead atoms. The molecule has 92 valence electrons. The fourth-order valence-corrected chi connectivity index (χ4v) is 1.18. The van der Waals surface area contributed by atoms with Gasteiger partial charge in [-0.3, -0.25) is 15.7 Å². The van der Waals surface area contributed by atoms with Gasteiger partial charge >= 0.3 is 0 Å². The highest BCUT2D eigenvalue weighted by molar-refractivity contribution is 5.96. The van der Waals surface area contributed by atoms with Crippen molar-refractivity contribution in [2.75, 3.05) is 21.1 Å². The molecule has 5 nitrogen and oxygen atoms in total. The minimum atomic E-state index is 0.297. The average Bonchev–Trinajstić information content (AvgIpc) is 2.35. The van der Waals surface area contributed by atoms with Gasteiger partial charge in [0.15, 0.2) is 11.9 Å². The zero-order chi connectivity index (χ0) is 12.7. The molecule has 0 aliphatic rings. The lowest BCUT2D eigenvalue weighted by molar-refractivity contribution is 0.597. The first-order valence-electron chi connectivity index (χ1n) is 5.41. The molecule has 17 heavy (non-hydrogen) atoms. The molecule has 0 atom stereocenters. The first-order chi connectivity index (χ1) is 8.13. The van der Waals surface area contributed by atoms with E-state index in [9.17, 15) is 0 Å². The highest BCUT2D eigenvalue weighted by Crippen LogP contribution is 1.96. The van der Waals surface area contributed by atoms with Crippen molar-refractivity contribution in [1.29, 1.82) is 5.41 Å². The van der Waals surface area contributed by atoms with Gasteiger partial charge in [-0.2, -0.15) is 0 Å². The van der Waals surface area contributed by atoms with Gasteiger partial charge in [0.2, 0.25) is 0 Å². The van der Waals surface area contributed by atoms with Crippen LogP contribution in [-0.2, 0) is 6.54 Å². The molecule has 0 heterocycles. The van der Waals surface area contributed by atoms with E-state index < -0.39 is 0 Å². The normalized spacial score (nSPS) is 10.9. The minimum absolute atomic E-state index is 0.297.